The van der Waals surface area contributed by atoms with Crippen molar-refractivity contribution in [3.05, 3.63) is 59.7 Å². The summed E-state index contributed by atoms with van der Waals surface area (Å²) in [7, 11) is 0. The third-order valence-corrected chi connectivity index (χ3v) is 5.19. The lowest BCUT2D eigenvalue weighted by atomic mass is 10.4. The van der Waals surface area contributed by atoms with Gasteiger partial charge in [0.25, 0.3) is 0 Å². The van der Waals surface area contributed by atoms with Gasteiger partial charge in [0.15, 0.2) is 17.3 Å². The highest BCUT2D eigenvalue weighted by atomic mass is 15.3. The fraction of sp³-hybridized carbons (Fsp3) is 0.273. The van der Waals surface area contributed by atoms with Crippen molar-refractivity contribution in [2.75, 3.05) is 23.3 Å². The number of pyridine rings is 1. The molecule has 9 nitrogen and oxygen atoms in total. The largest absolute Gasteiger partial charge is 0.356 e. The van der Waals surface area contributed by atoms with Gasteiger partial charge < -0.3 is 10.2 Å². The molecule has 4 aromatic rings. The molecule has 0 amide bonds. The van der Waals surface area contributed by atoms with Crippen LogP contribution in [0.1, 0.15) is 35.9 Å². The van der Waals surface area contributed by atoms with Gasteiger partial charge in [-0.2, -0.15) is 0 Å². The van der Waals surface area contributed by atoms with E-state index in [-0.39, 0.29) is 0 Å². The fourth-order valence-corrected chi connectivity index (χ4v) is 3.60. The molecule has 0 bridgehead atoms. The molecule has 5 heterocycles. The van der Waals surface area contributed by atoms with Gasteiger partial charge in [0, 0.05) is 31.5 Å². The van der Waals surface area contributed by atoms with E-state index < -0.39 is 0 Å². The normalized spacial score (nSPS) is 14.1. The second-order valence-corrected chi connectivity index (χ2v) is 7.53. The number of hydrogen-bond acceptors (Lipinski definition) is 8. The molecule has 31 heavy (non-hydrogen) atoms. The summed E-state index contributed by atoms with van der Waals surface area (Å²) in [5.41, 5.74) is 2.53. The van der Waals surface area contributed by atoms with E-state index >= 15 is 0 Å². The van der Waals surface area contributed by atoms with Crippen LogP contribution in [0.2, 0.25) is 0 Å². The van der Waals surface area contributed by atoms with Gasteiger partial charge in [-0.15, -0.1) is 5.10 Å². The Morgan fingerprint density at radius 1 is 0.935 bits per heavy atom. The second-order valence-electron chi connectivity index (χ2n) is 7.53. The average Bonchev–Trinajstić information content (AvgIpc) is 3.46. The van der Waals surface area contributed by atoms with Gasteiger partial charge in [-0.05, 0) is 51.0 Å². The van der Waals surface area contributed by atoms with Crippen LogP contribution in [0.3, 0.4) is 0 Å². The molecule has 1 N–H and O–H groups in total. The van der Waals surface area contributed by atoms with E-state index in [0.717, 1.165) is 41.8 Å². The number of fused-ring (bicyclic) bond motifs is 1. The van der Waals surface area contributed by atoms with Crippen LogP contribution in [0.15, 0.2) is 36.7 Å². The SMILES string of the molecule is Cc1ncc(C)n2nc(/C=C/c3nc(Nc4ccccn4)cc(N4CCCC4)n3)nc12. The first kappa shape index (κ1) is 19.1. The average molecular weight is 413 g/mol. The summed E-state index contributed by atoms with van der Waals surface area (Å²) < 4.78 is 1.80. The van der Waals surface area contributed by atoms with Crippen LogP contribution in [0.4, 0.5) is 17.5 Å². The van der Waals surface area contributed by atoms with Crippen LogP contribution in [-0.4, -0.2) is 47.6 Å². The topological polar surface area (TPSA) is 97.0 Å². The summed E-state index contributed by atoms with van der Waals surface area (Å²) in [5.74, 6) is 3.53. The van der Waals surface area contributed by atoms with Crippen molar-refractivity contribution in [1.29, 1.82) is 0 Å². The Hall–Kier alpha value is -3.88. The Kier molecular flexibility index (Phi) is 4.99. The zero-order chi connectivity index (χ0) is 21.2. The quantitative estimate of drug-likeness (QED) is 0.531. The zero-order valence-corrected chi connectivity index (χ0v) is 17.5. The number of aromatic nitrogens is 7. The number of aryl methyl sites for hydroxylation is 2. The van der Waals surface area contributed by atoms with Crippen molar-refractivity contribution < 1.29 is 0 Å². The number of nitrogens with zero attached hydrogens (tertiary/aromatic N) is 8. The lowest BCUT2D eigenvalue weighted by molar-refractivity contribution is 0.884. The predicted octanol–water partition coefficient (Wildman–Crippen LogP) is 3.44. The highest BCUT2D eigenvalue weighted by Gasteiger charge is 2.16. The van der Waals surface area contributed by atoms with Crippen LogP contribution >= 0.6 is 0 Å². The van der Waals surface area contributed by atoms with Crippen molar-refractivity contribution in [2.24, 2.45) is 0 Å². The van der Waals surface area contributed by atoms with Gasteiger partial charge in [0.2, 0.25) is 0 Å². The van der Waals surface area contributed by atoms with Gasteiger partial charge in [0.1, 0.15) is 17.5 Å². The monoisotopic (exact) mass is 413 g/mol. The van der Waals surface area contributed by atoms with Crippen molar-refractivity contribution in [3.63, 3.8) is 0 Å². The molecular formula is C22H23N9. The van der Waals surface area contributed by atoms with Gasteiger partial charge in [-0.1, -0.05) is 6.07 Å². The van der Waals surface area contributed by atoms with Crippen LogP contribution in [0.5, 0.6) is 0 Å². The van der Waals surface area contributed by atoms with Crippen LogP contribution in [0, 0.1) is 13.8 Å². The molecule has 0 radical (unpaired) electrons. The standard InChI is InChI=1S/C22H23N9/c1-15-14-24-16(2)22-28-19(29-31(15)22)9-8-18-26-20(25-17-7-3-4-10-23-17)13-21(27-18)30-11-5-6-12-30/h3-4,7-10,13-14H,5-6,11-12H2,1-2H3,(H,23,25,26,27)/b9-8+. The summed E-state index contributed by atoms with van der Waals surface area (Å²) in [6, 6.07) is 7.70. The van der Waals surface area contributed by atoms with E-state index in [1.807, 2.05) is 50.3 Å². The number of anilines is 3. The molecule has 0 spiro atoms. The summed E-state index contributed by atoms with van der Waals surface area (Å²) in [5, 5.41) is 7.84. The smallest absolute Gasteiger partial charge is 0.177 e. The van der Waals surface area contributed by atoms with E-state index in [4.69, 9.17) is 4.98 Å². The van der Waals surface area contributed by atoms with Gasteiger partial charge in [-0.3, -0.25) is 4.98 Å². The Morgan fingerprint density at radius 3 is 2.55 bits per heavy atom. The minimum Gasteiger partial charge on any atom is -0.356 e. The fourth-order valence-electron chi connectivity index (χ4n) is 3.60. The molecule has 4 aromatic heterocycles. The Bertz CT molecular complexity index is 1200. The number of rotatable bonds is 5. The summed E-state index contributed by atoms with van der Waals surface area (Å²) in [6.45, 7) is 5.89. The predicted molar refractivity (Wildman–Crippen MR) is 120 cm³/mol. The molecule has 1 saturated heterocycles. The molecule has 1 aliphatic rings. The maximum Gasteiger partial charge on any atom is 0.177 e. The van der Waals surface area contributed by atoms with Crippen molar-refractivity contribution in [1.82, 2.24) is 34.5 Å². The second kappa shape index (κ2) is 8.10. The molecule has 5 rings (SSSR count). The Balaban J connectivity index is 1.48. The maximum absolute atomic E-state index is 4.75. The molecule has 0 aliphatic carbocycles. The first-order valence-corrected chi connectivity index (χ1v) is 10.3. The van der Waals surface area contributed by atoms with E-state index in [1.54, 1.807) is 16.9 Å². The van der Waals surface area contributed by atoms with E-state index in [2.05, 4.69) is 35.3 Å². The highest BCUT2D eigenvalue weighted by molar-refractivity contribution is 5.67. The molecule has 9 heteroatoms. The number of hydrogen-bond donors (Lipinski definition) is 1. The molecule has 0 atom stereocenters. The minimum absolute atomic E-state index is 0.591. The molecule has 0 aromatic carbocycles. The third kappa shape index (κ3) is 4.07. The van der Waals surface area contributed by atoms with Crippen molar-refractivity contribution in [3.8, 4) is 0 Å². The summed E-state index contributed by atoms with van der Waals surface area (Å²) >= 11 is 0. The first-order valence-electron chi connectivity index (χ1n) is 10.3. The van der Waals surface area contributed by atoms with Crippen LogP contribution in [0.25, 0.3) is 17.8 Å². The molecule has 0 unspecified atom stereocenters. The van der Waals surface area contributed by atoms with Crippen LogP contribution in [-0.2, 0) is 0 Å². The zero-order valence-electron chi connectivity index (χ0n) is 17.5. The van der Waals surface area contributed by atoms with Gasteiger partial charge in [0.05, 0.1) is 11.4 Å². The summed E-state index contributed by atoms with van der Waals surface area (Å²) in [6.07, 6.45) is 9.57. The van der Waals surface area contributed by atoms with E-state index in [1.165, 1.54) is 12.8 Å². The number of nitrogens with one attached hydrogen (secondary N) is 1. The Labute approximate surface area is 179 Å². The van der Waals surface area contributed by atoms with E-state index in [0.29, 0.717) is 17.5 Å². The van der Waals surface area contributed by atoms with E-state index in [9.17, 15) is 0 Å². The highest BCUT2D eigenvalue weighted by Crippen LogP contribution is 2.23. The lowest BCUT2D eigenvalue weighted by Crippen LogP contribution is -2.19. The molecule has 156 valence electrons. The summed E-state index contributed by atoms with van der Waals surface area (Å²) in [4.78, 5) is 25.0. The maximum atomic E-state index is 4.75. The Morgan fingerprint density at radius 2 is 1.77 bits per heavy atom. The molecule has 0 saturated carbocycles. The van der Waals surface area contributed by atoms with Crippen LogP contribution < -0.4 is 10.2 Å². The minimum atomic E-state index is 0.591. The third-order valence-electron chi connectivity index (χ3n) is 5.19. The van der Waals surface area contributed by atoms with Crippen molar-refractivity contribution >= 4 is 35.3 Å². The first-order chi connectivity index (χ1) is 15.2. The van der Waals surface area contributed by atoms with Gasteiger partial charge in [-0.25, -0.2) is 24.5 Å². The molecular weight excluding hydrogens is 390 g/mol. The molecule has 1 fully saturated rings. The van der Waals surface area contributed by atoms with Gasteiger partial charge >= 0.3 is 0 Å². The lowest BCUT2D eigenvalue weighted by Gasteiger charge is -2.17. The molecule has 1 aliphatic heterocycles. The van der Waals surface area contributed by atoms with Crippen molar-refractivity contribution in [2.45, 2.75) is 26.7 Å².